The van der Waals surface area contributed by atoms with Crippen LogP contribution in [-0.2, 0) is 13.0 Å². The molecule has 6 heteroatoms. The van der Waals surface area contributed by atoms with E-state index in [0.29, 0.717) is 6.54 Å². The Morgan fingerprint density at radius 2 is 1.87 bits per heavy atom. The molecule has 0 fully saturated rings. The molecule has 1 aromatic heterocycles. The van der Waals surface area contributed by atoms with E-state index in [0.717, 1.165) is 42.1 Å². The van der Waals surface area contributed by atoms with Crippen molar-refractivity contribution in [3.05, 3.63) is 58.5 Å². The van der Waals surface area contributed by atoms with Crippen LogP contribution in [0.25, 0.3) is 0 Å². The summed E-state index contributed by atoms with van der Waals surface area (Å²) in [6.07, 6.45) is 3.61. The molecular formula is C17H23BrIN3O. The predicted molar refractivity (Wildman–Crippen MR) is 109 cm³/mol. The van der Waals surface area contributed by atoms with Crippen molar-refractivity contribution in [1.82, 2.24) is 10.6 Å². The van der Waals surface area contributed by atoms with Gasteiger partial charge in [-0.2, -0.15) is 0 Å². The SMILES string of the molecule is CCCNC(=NCc1ccc(Br)cc1)NCCc1ccco1.I. The van der Waals surface area contributed by atoms with Crippen LogP contribution in [0, 0.1) is 0 Å². The summed E-state index contributed by atoms with van der Waals surface area (Å²) in [4.78, 5) is 4.63. The van der Waals surface area contributed by atoms with Gasteiger partial charge >= 0.3 is 0 Å². The maximum atomic E-state index is 5.33. The van der Waals surface area contributed by atoms with Gasteiger partial charge in [0.25, 0.3) is 0 Å². The topological polar surface area (TPSA) is 49.6 Å². The fourth-order valence-electron chi connectivity index (χ4n) is 1.94. The Labute approximate surface area is 163 Å². The fraction of sp³-hybridized carbons (Fsp3) is 0.353. The van der Waals surface area contributed by atoms with Crippen LogP contribution < -0.4 is 10.6 Å². The first-order valence-electron chi connectivity index (χ1n) is 7.57. The average Bonchev–Trinajstić information content (AvgIpc) is 3.04. The van der Waals surface area contributed by atoms with E-state index in [2.05, 4.69) is 50.6 Å². The summed E-state index contributed by atoms with van der Waals surface area (Å²) in [7, 11) is 0. The minimum Gasteiger partial charge on any atom is -0.469 e. The quantitative estimate of drug-likeness (QED) is 0.344. The van der Waals surface area contributed by atoms with Crippen LogP contribution in [-0.4, -0.2) is 19.0 Å². The van der Waals surface area contributed by atoms with Crippen LogP contribution in [0.15, 0.2) is 56.5 Å². The summed E-state index contributed by atoms with van der Waals surface area (Å²) in [5, 5.41) is 6.67. The first kappa shape index (κ1) is 20.0. The third-order valence-electron chi connectivity index (χ3n) is 3.12. The highest BCUT2D eigenvalue weighted by atomic mass is 127. The Morgan fingerprint density at radius 3 is 2.52 bits per heavy atom. The zero-order chi connectivity index (χ0) is 15.6. The van der Waals surface area contributed by atoms with Crippen molar-refractivity contribution >= 4 is 45.9 Å². The third-order valence-corrected chi connectivity index (χ3v) is 3.65. The molecule has 2 N–H and O–H groups in total. The van der Waals surface area contributed by atoms with E-state index >= 15 is 0 Å². The molecule has 0 amide bonds. The largest absolute Gasteiger partial charge is 0.469 e. The molecule has 4 nitrogen and oxygen atoms in total. The lowest BCUT2D eigenvalue weighted by atomic mass is 10.2. The number of hydrogen-bond donors (Lipinski definition) is 2. The van der Waals surface area contributed by atoms with Crippen molar-refractivity contribution in [1.29, 1.82) is 0 Å². The summed E-state index contributed by atoms with van der Waals surface area (Å²) < 4.78 is 6.42. The maximum absolute atomic E-state index is 5.33. The van der Waals surface area contributed by atoms with E-state index < -0.39 is 0 Å². The summed E-state index contributed by atoms with van der Waals surface area (Å²) >= 11 is 3.44. The minimum atomic E-state index is 0. The highest BCUT2D eigenvalue weighted by Gasteiger charge is 2.00. The molecule has 2 rings (SSSR count). The number of hydrogen-bond acceptors (Lipinski definition) is 2. The summed E-state index contributed by atoms with van der Waals surface area (Å²) in [6, 6.07) is 12.1. The highest BCUT2D eigenvalue weighted by molar-refractivity contribution is 14.0. The Bertz CT molecular complexity index is 570. The summed E-state index contributed by atoms with van der Waals surface area (Å²) in [6.45, 7) is 4.51. The van der Waals surface area contributed by atoms with Crippen molar-refractivity contribution in [3.8, 4) is 0 Å². The van der Waals surface area contributed by atoms with Crippen molar-refractivity contribution in [2.75, 3.05) is 13.1 Å². The molecule has 0 bridgehead atoms. The molecule has 0 radical (unpaired) electrons. The lowest BCUT2D eigenvalue weighted by Crippen LogP contribution is -2.38. The molecule has 0 saturated carbocycles. The molecule has 2 aromatic rings. The van der Waals surface area contributed by atoms with E-state index in [4.69, 9.17) is 4.42 Å². The lowest BCUT2D eigenvalue weighted by Gasteiger charge is -2.11. The smallest absolute Gasteiger partial charge is 0.191 e. The summed E-state index contributed by atoms with van der Waals surface area (Å²) in [5.41, 5.74) is 1.19. The van der Waals surface area contributed by atoms with E-state index in [-0.39, 0.29) is 24.0 Å². The molecule has 1 heterocycles. The first-order valence-corrected chi connectivity index (χ1v) is 8.36. The monoisotopic (exact) mass is 491 g/mol. The zero-order valence-electron chi connectivity index (χ0n) is 13.2. The second-order valence-corrected chi connectivity index (χ2v) is 5.89. The van der Waals surface area contributed by atoms with Gasteiger partial charge in [0.15, 0.2) is 5.96 Å². The van der Waals surface area contributed by atoms with Gasteiger partial charge in [0.05, 0.1) is 12.8 Å². The van der Waals surface area contributed by atoms with Crippen LogP contribution in [0.1, 0.15) is 24.7 Å². The molecule has 0 spiro atoms. The number of rotatable bonds is 7. The van der Waals surface area contributed by atoms with Gasteiger partial charge in [-0.15, -0.1) is 24.0 Å². The number of guanidine groups is 1. The Hall–Kier alpha value is -1.02. The predicted octanol–water partition coefficient (Wildman–Crippen LogP) is 4.35. The summed E-state index contributed by atoms with van der Waals surface area (Å²) in [5.74, 6) is 1.83. The molecule has 0 saturated heterocycles. The fourth-order valence-corrected chi connectivity index (χ4v) is 2.20. The second-order valence-electron chi connectivity index (χ2n) is 4.97. The van der Waals surface area contributed by atoms with Gasteiger partial charge in [0, 0.05) is 24.0 Å². The zero-order valence-corrected chi connectivity index (χ0v) is 17.1. The first-order chi connectivity index (χ1) is 10.8. The minimum absolute atomic E-state index is 0. The van der Waals surface area contributed by atoms with E-state index in [1.54, 1.807) is 6.26 Å². The molecule has 0 aliphatic rings. The normalized spacial score (nSPS) is 11.0. The maximum Gasteiger partial charge on any atom is 0.191 e. The number of aliphatic imine (C=N–C) groups is 1. The van der Waals surface area contributed by atoms with E-state index in [1.165, 1.54) is 5.56 Å². The van der Waals surface area contributed by atoms with Gasteiger partial charge in [-0.1, -0.05) is 35.0 Å². The number of nitrogens with zero attached hydrogens (tertiary/aromatic N) is 1. The average molecular weight is 492 g/mol. The van der Waals surface area contributed by atoms with Crippen molar-refractivity contribution in [2.45, 2.75) is 26.3 Å². The molecule has 23 heavy (non-hydrogen) atoms. The van der Waals surface area contributed by atoms with Crippen LogP contribution in [0.3, 0.4) is 0 Å². The molecule has 0 atom stereocenters. The molecule has 126 valence electrons. The van der Waals surface area contributed by atoms with Crippen LogP contribution >= 0.6 is 39.9 Å². The van der Waals surface area contributed by atoms with Gasteiger partial charge < -0.3 is 15.1 Å². The number of halogens is 2. The van der Waals surface area contributed by atoms with Crippen LogP contribution in [0.4, 0.5) is 0 Å². The van der Waals surface area contributed by atoms with E-state index in [9.17, 15) is 0 Å². The number of nitrogens with one attached hydrogen (secondary N) is 2. The van der Waals surface area contributed by atoms with Gasteiger partial charge in [0.1, 0.15) is 5.76 Å². The van der Waals surface area contributed by atoms with Gasteiger partial charge in [-0.05, 0) is 36.2 Å². The van der Waals surface area contributed by atoms with Gasteiger partial charge in [0.2, 0.25) is 0 Å². The Kier molecular flexibility index (Phi) is 10.0. The third kappa shape index (κ3) is 7.87. The van der Waals surface area contributed by atoms with Crippen molar-refractivity contribution < 1.29 is 4.42 Å². The number of benzene rings is 1. The molecule has 0 aliphatic carbocycles. The van der Waals surface area contributed by atoms with Crippen molar-refractivity contribution in [2.24, 2.45) is 4.99 Å². The Morgan fingerprint density at radius 1 is 1.13 bits per heavy atom. The number of furan rings is 1. The lowest BCUT2D eigenvalue weighted by molar-refractivity contribution is 0.506. The molecule has 0 unspecified atom stereocenters. The highest BCUT2D eigenvalue weighted by Crippen LogP contribution is 2.11. The van der Waals surface area contributed by atoms with E-state index in [1.807, 2.05) is 24.3 Å². The van der Waals surface area contributed by atoms with Crippen LogP contribution in [0.2, 0.25) is 0 Å². The molecule has 1 aromatic carbocycles. The van der Waals surface area contributed by atoms with Gasteiger partial charge in [-0.3, -0.25) is 0 Å². The van der Waals surface area contributed by atoms with Crippen LogP contribution in [0.5, 0.6) is 0 Å². The van der Waals surface area contributed by atoms with Crippen molar-refractivity contribution in [3.63, 3.8) is 0 Å². The molecule has 0 aliphatic heterocycles. The molecular weight excluding hydrogens is 469 g/mol. The Balaban J connectivity index is 0.00000264. The van der Waals surface area contributed by atoms with Gasteiger partial charge in [-0.25, -0.2) is 4.99 Å². The second kappa shape index (κ2) is 11.5. The standard InChI is InChI=1S/C17H22BrN3O.HI/c1-2-10-19-17(20-11-9-16-4-3-12-22-16)21-13-14-5-7-15(18)8-6-14;/h3-8,12H,2,9-11,13H2,1H3,(H2,19,20,21);1H.